The summed E-state index contributed by atoms with van der Waals surface area (Å²) in [5, 5.41) is 11.3. The van der Waals surface area contributed by atoms with Crippen LogP contribution in [-0.4, -0.2) is 40.6 Å². The summed E-state index contributed by atoms with van der Waals surface area (Å²) >= 11 is 0. The van der Waals surface area contributed by atoms with Crippen LogP contribution < -0.4 is 0 Å². The van der Waals surface area contributed by atoms with Crippen LogP contribution in [-0.2, 0) is 23.9 Å². The molecule has 1 N–H and O–H groups in total. The van der Waals surface area contributed by atoms with Crippen molar-refractivity contribution in [2.45, 2.75) is 154 Å². The number of fused-ring (bicyclic) bond motifs is 10. The van der Waals surface area contributed by atoms with E-state index >= 15 is 0 Å². The Morgan fingerprint density at radius 1 is 0.796 bits per heavy atom. The van der Waals surface area contributed by atoms with E-state index in [9.17, 15) is 19.5 Å². The number of allylic oxidation sites excluding steroid dienone is 2. The van der Waals surface area contributed by atoms with Gasteiger partial charge < -0.3 is 14.6 Å². The minimum absolute atomic E-state index is 0.0134. The maximum absolute atomic E-state index is 13.1. The molecule has 8 aliphatic carbocycles. The van der Waals surface area contributed by atoms with Gasteiger partial charge in [-0.1, -0.05) is 37.8 Å². The van der Waals surface area contributed by atoms with Crippen LogP contribution in [0, 0.1) is 70.0 Å². The van der Waals surface area contributed by atoms with Crippen LogP contribution in [0.25, 0.3) is 0 Å². The Hall–Kier alpha value is -2.39. The second-order valence-corrected chi connectivity index (χ2v) is 18.5. The molecule has 0 aliphatic heterocycles. The molecule has 0 bridgehead atoms. The maximum atomic E-state index is 13.1. The third-order valence-corrected chi connectivity index (χ3v) is 16.8. The molecule has 8 rings (SSSR count). The smallest absolute Gasteiger partial charge is 0.306 e. The quantitative estimate of drug-likeness (QED) is 0.181. The van der Waals surface area contributed by atoms with Gasteiger partial charge in [-0.25, -0.2) is 0 Å². The van der Waals surface area contributed by atoms with Crippen LogP contribution >= 0.6 is 0 Å². The van der Waals surface area contributed by atoms with Gasteiger partial charge in [0, 0.05) is 17.3 Å². The molecule has 3 unspecified atom stereocenters. The average molecular weight is 671 g/mol. The molecule has 266 valence electrons. The van der Waals surface area contributed by atoms with Crippen LogP contribution in [0.5, 0.6) is 0 Å². The van der Waals surface area contributed by atoms with E-state index in [-0.39, 0.29) is 53.2 Å². The number of hydrogen-bond acceptors (Lipinski definition) is 6. The number of carbonyl (C=O) groups is 3. The number of ketones is 1. The van der Waals surface area contributed by atoms with Crippen LogP contribution in [0.4, 0.5) is 0 Å². The second kappa shape index (κ2) is 12.1. The number of carbonyl (C=O) groups excluding carboxylic acids is 3. The molecule has 0 saturated heterocycles. The molecule has 0 amide bonds. The van der Waals surface area contributed by atoms with Crippen molar-refractivity contribution in [3.8, 4) is 12.3 Å². The molecule has 13 atom stereocenters. The van der Waals surface area contributed by atoms with E-state index in [1.165, 1.54) is 11.1 Å². The van der Waals surface area contributed by atoms with Gasteiger partial charge in [0.05, 0.1) is 12.8 Å². The van der Waals surface area contributed by atoms with Crippen LogP contribution in [0.15, 0.2) is 23.3 Å². The first-order valence-electron chi connectivity index (χ1n) is 19.9. The highest BCUT2D eigenvalue weighted by Crippen LogP contribution is 2.67. The van der Waals surface area contributed by atoms with Gasteiger partial charge in [0.2, 0.25) is 0 Å². The zero-order valence-electron chi connectivity index (χ0n) is 30.1. The standard InChI is InChI=1S/C43H58O6/c1-5-43(47)23-19-36-32-9-6-26-24-29(8-11-30(26)31(32)17-22-42(36,43)4)48-38(45)14-15-39(46)49-37-13-12-34-33-10-7-27-25-28(44)16-20-40(27,2)35(33)18-21-41(34,37)3/h1,24-25,29-37,47H,6-23H2,2-4H3/t29-,30-,31?,32?,33-,34-,35-,36?,37-,40-,41-,42-,43-/m0/s1. The SMILES string of the molecule is C#C[C@]1(O)CCC2C3CCC4=C[C@@H](OC(=O)CCC(=O)O[C@H]5CC[C@H]6[C@@H]7CCC8=CC(=O)CC[C@]8(C)[C@H]7CC[C@]56C)CC[C@@H]4C3CC[C@@]21C. The van der Waals surface area contributed by atoms with E-state index in [4.69, 9.17) is 15.9 Å². The molecule has 6 saturated carbocycles. The Balaban J connectivity index is 0.826. The second-order valence-electron chi connectivity index (χ2n) is 18.5. The van der Waals surface area contributed by atoms with E-state index in [1.54, 1.807) is 0 Å². The Morgan fingerprint density at radius 2 is 1.55 bits per heavy atom. The highest BCUT2D eigenvalue weighted by Gasteiger charge is 2.62. The van der Waals surface area contributed by atoms with Crippen molar-refractivity contribution >= 4 is 17.7 Å². The number of ether oxygens (including phenoxy) is 2. The Labute approximate surface area is 293 Å². The summed E-state index contributed by atoms with van der Waals surface area (Å²) in [6.07, 6.45) is 25.8. The number of esters is 2. The van der Waals surface area contributed by atoms with Crippen molar-refractivity contribution < 1.29 is 29.0 Å². The molecule has 0 heterocycles. The molecule has 0 aromatic carbocycles. The predicted molar refractivity (Wildman–Crippen MR) is 187 cm³/mol. The molecule has 0 aromatic heterocycles. The summed E-state index contributed by atoms with van der Waals surface area (Å²) in [6.45, 7) is 6.99. The van der Waals surface area contributed by atoms with Crippen LogP contribution in [0.1, 0.15) is 136 Å². The molecule has 6 fully saturated rings. The summed E-state index contributed by atoms with van der Waals surface area (Å²) in [4.78, 5) is 38.3. The Kier molecular flexibility index (Phi) is 8.33. The fraction of sp³-hybridized carbons (Fsp3) is 0.791. The zero-order chi connectivity index (χ0) is 34.3. The average Bonchev–Trinajstić information content (AvgIpc) is 3.56. The molecule has 0 radical (unpaired) electrons. The van der Waals surface area contributed by atoms with E-state index < -0.39 is 5.60 Å². The highest BCUT2D eigenvalue weighted by molar-refractivity contribution is 5.91. The first-order valence-corrected chi connectivity index (χ1v) is 19.9. The number of aliphatic hydroxyl groups is 1. The monoisotopic (exact) mass is 670 g/mol. The fourth-order valence-electron chi connectivity index (χ4n) is 14.0. The number of hydrogen-bond donors (Lipinski definition) is 1. The van der Waals surface area contributed by atoms with Gasteiger partial charge in [-0.05, 0) is 155 Å². The van der Waals surface area contributed by atoms with Crippen molar-refractivity contribution in [1.82, 2.24) is 0 Å². The normalized spacial score (nSPS) is 48.2. The fourth-order valence-corrected chi connectivity index (χ4v) is 14.0. The van der Waals surface area contributed by atoms with Crippen molar-refractivity contribution in [2.24, 2.45) is 57.7 Å². The highest BCUT2D eigenvalue weighted by atomic mass is 16.6. The van der Waals surface area contributed by atoms with Gasteiger partial charge in [0.1, 0.15) is 17.8 Å². The molecule has 6 heteroatoms. The van der Waals surface area contributed by atoms with Crippen molar-refractivity contribution in [2.75, 3.05) is 0 Å². The largest absolute Gasteiger partial charge is 0.462 e. The Bertz CT molecular complexity index is 1500. The van der Waals surface area contributed by atoms with E-state index in [0.29, 0.717) is 53.6 Å². The lowest BCUT2D eigenvalue weighted by Crippen LogP contribution is -2.52. The van der Waals surface area contributed by atoms with Gasteiger partial charge in [-0.3, -0.25) is 14.4 Å². The molecule has 6 nitrogen and oxygen atoms in total. The summed E-state index contributed by atoms with van der Waals surface area (Å²) in [7, 11) is 0. The molecule has 0 aromatic rings. The zero-order valence-corrected chi connectivity index (χ0v) is 30.1. The maximum Gasteiger partial charge on any atom is 0.306 e. The number of terminal acetylenes is 1. The topological polar surface area (TPSA) is 89.9 Å². The van der Waals surface area contributed by atoms with Crippen LogP contribution in [0.2, 0.25) is 0 Å². The first-order chi connectivity index (χ1) is 23.4. The Morgan fingerprint density at radius 3 is 2.35 bits per heavy atom. The van der Waals surface area contributed by atoms with Crippen molar-refractivity contribution in [3.63, 3.8) is 0 Å². The third-order valence-electron chi connectivity index (χ3n) is 16.8. The van der Waals surface area contributed by atoms with Gasteiger partial charge in [-0.15, -0.1) is 6.42 Å². The summed E-state index contributed by atoms with van der Waals surface area (Å²) < 4.78 is 12.1. The van der Waals surface area contributed by atoms with Crippen LogP contribution in [0.3, 0.4) is 0 Å². The molecular formula is C43H58O6. The van der Waals surface area contributed by atoms with Gasteiger partial charge in [0.15, 0.2) is 5.78 Å². The predicted octanol–water partition coefficient (Wildman–Crippen LogP) is 8.06. The van der Waals surface area contributed by atoms with Crippen molar-refractivity contribution in [1.29, 1.82) is 0 Å². The lowest BCUT2D eigenvalue weighted by Gasteiger charge is -2.57. The summed E-state index contributed by atoms with van der Waals surface area (Å²) in [6, 6.07) is 0. The summed E-state index contributed by atoms with van der Waals surface area (Å²) in [5.41, 5.74) is 1.83. The van der Waals surface area contributed by atoms with E-state index in [2.05, 4.69) is 32.8 Å². The first kappa shape index (κ1) is 33.7. The number of rotatable bonds is 5. The minimum Gasteiger partial charge on any atom is -0.462 e. The molecule has 0 spiro atoms. The molecule has 49 heavy (non-hydrogen) atoms. The lowest BCUT2D eigenvalue weighted by atomic mass is 9.47. The minimum atomic E-state index is -0.969. The van der Waals surface area contributed by atoms with Crippen molar-refractivity contribution in [3.05, 3.63) is 23.3 Å². The lowest BCUT2D eigenvalue weighted by molar-refractivity contribution is -0.162. The third kappa shape index (κ3) is 5.24. The van der Waals surface area contributed by atoms with Gasteiger partial charge in [0.25, 0.3) is 0 Å². The van der Waals surface area contributed by atoms with E-state index in [1.807, 2.05) is 6.08 Å². The van der Waals surface area contributed by atoms with E-state index in [0.717, 1.165) is 96.3 Å². The van der Waals surface area contributed by atoms with Gasteiger partial charge >= 0.3 is 11.9 Å². The summed E-state index contributed by atoms with van der Waals surface area (Å²) in [5.74, 6) is 6.56. The van der Waals surface area contributed by atoms with Gasteiger partial charge in [-0.2, -0.15) is 0 Å². The molecular weight excluding hydrogens is 612 g/mol. The molecule has 8 aliphatic rings.